The van der Waals surface area contributed by atoms with Crippen LogP contribution in [0.2, 0.25) is 0 Å². The predicted octanol–water partition coefficient (Wildman–Crippen LogP) is 5.09. The maximum absolute atomic E-state index is 13.4. The lowest BCUT2D eigenvalue weighted by Gasteiger charge is -2.38. The maximum Gasteiger partial charge on any atom is 0.233 e. The lowest BCUT2D eigenvalue weighted by atomic mass is 9.96. The molecular formula is C31H36N6O3. The summed E-state index contributed by atoms with van der Waals surface area (Å²) in [7, 11) is 1.68. The number of hydrogen-bond donors (Lipinski definition) is 2. The van der Waals surface area contributed by atoms with Crippen LogP contribution in [0.15, 0.2) is 84.8 Å². The molecule has 2 N–H and O–H groups in total. The third-order valence-corrected chi connectivity index (χ3v) is 7.83. The number of fused-ring (bicyclic) bond motifs is 1. The SMILES string of the molecule is COC1=CC=CC2(C(=O)N3CCN(c4cccc(Nc5nccc(-c6ccc(NC(C)=O)cc6)n5)c4)CC3)CC12.[HH].[HH]. The van der Waals surface area contributed by atoms with Gasteiger partial charge in [-0.3, -0.25) is 9.59 Å². The van der Waals surface area contributed by atoms with E-state index >= 15 is 0 Å². The van der Waals surface area contributed by atoms with Crippen LogP contribution < -0.4 is 15.5 Å². The van der Waals surface area contributed by atoms with Crippen LogP contribution >= 0.6 is 0 Å². The molecule has 1 aromatic heterocycles. The number of rotatable bonds is 7. The fourth-order valence-corrected chi connectivity index (χ4v) is 5.65. The second-order valence-electron chi connectivity index (χ2n) is 10.4. The third kappa shape index (κ3) is 5.02. The molecule has 9 nitrogen and oxygen atoms in total. The minimum absolute atomic E-state index is 0. The van der Waals surface area contributed by atoms with Gasteiger partial charge in [0.2, 0.25) is 17.8 Å². The van der Waals surface area contributed by atoms with Crippen LogP contribution in [0.3, 0.4) is 0 Å². The monoisotopic (exact) mass is 540 g/mol. The summed E-state index contributed by atoms with van der Waals surface area (Å²) in [5, 5.41) is 6.10. The van der Waals surface area contributed by atoms with Crippen LogP contribution in [0.5, 0.6) is 0 Å². The number of piperazine rings is 1. The van der Waals surface area contributed by atoms with E-state index in [1.165, 1.54) is 6.92 Å². The highest BCUT2D eigenvalue weighted by Gasteiger charge is 2.62. The Balaban J connectivity index is 0.00000202. The highest BCUT2D eigenvalue weighted by Crippen LogP contribution is 2.60. The zero-order valence-electron chi connectivity index (χ0n) is 22.6. The van der Waals surface area contributed by atoms with E-state index in [2.05, 4.69) is 43.7 Å². The lowest BCUT2D eigenvalue weighted by molar-refractivity contribution is -0.136. The summed E-state index contributed by atoms with van der Waals surface area (Å²) in [4.78, 5) is 38.1. The van der Waals surface area contributed by atoms with Crippen LogP contribution in [-0.2, 0) is 14.3 Å². The highest BCUT2D eigenvalue weighted by molar-refractivity contribution is 5.90. The van der Waals surface area contributed by atoms with Crippen molar-refractivity contribution in [1.82, 2.24) is 14.9 Å². The number of nitrogens with one attached hydrogen (secondary N) is 2. The van der Waals surface area contributed by atoms with Crippen molar-refractivity contribution in [3.8, 4) is 11.3 Å². The largest absolute Gasteiger partial charge is 0.501 e. The van der Waals surface area contributed by atoms with Gasteiger partial charge in [-0.2, -0.15) is 0 Å². The van der Waals surface area contributed by atoms with Crippen molar-refractivity contribution in [3.05, 3.63) is 84.8 Å². The first-order valence-electron chi connectivity index (χ1n) is 13.5. The first-order chi connectivity index (χ1) is 19.4. The Morgan fingerprint density at radius 1 is 1.05 bits per heavy atom. The molecule has 2 amide bonds. The van der Waals surface area contributed by atoms with E-state index in [1.54, 1.807) is 13.3 Å². The number of carbonyl (C=O) groups is 2. The molecule has 1 saturated carbocycles. The molecular weight excluding hydrogens is 504 g/mol. The number of ether oxygens (including phenoxy) is 1. The van der Waals surface area contributed by atoms with Crippen molar-refractivity contribution >= 4 is 34.8 Å². The Morgan fingerprint density at radius 2 is 1.85 bits per heavy atom. The summed E-state index contributed by atoms with van der Waals surface area (Å²) >= 11 is 0. The van der Waals surface area contributed by atoms with Crippen molar-refractivity contribution in [1.29, 1.82) is 0 Å². The van der Waals surface area contributed by atoms with Crippen LogP contribution in [0.4, 0.5) is 23.0 Å². The third-order valence-electron chi connectivity index (χ3n) is 7.83. The first-order valence-corrected chi connectivity index (χ1v) is 13.5. The fourth-order valence-electron chi connectivity index (χ4n) is 5.65. The van der Waals surface area contributed by atoms with Gasteiger partial charge in [-0.05, 0) is 48.9 Å². The van der Waals surface area contributed by atoms with Gasteiger partial charge in [0.15, 0.2) is 0 Å². The molecule has 0 spiro atoms. The molecule has 208 valence electrons. The molecule has 2 heterocycles. The Kier molecular flexibility index (Phi) is 6.71. The van der Waals surface area contributed by atoms with Crippen molar-refractivity contribution in [2.45, 2.75) is 13.3 Å². The summed E-state index contributed by atoms with van der Waals surface area (Å²) in [6.45, 7) is 4.41. The number of aromatic nitrogens is 2. The second-order valence-corrected chi connectivity index (χ2v) is 10.4. The number of anilines is 4. The molecule has 2 fully saturated rings. The Hall–Kier alpha value is -4.66. The molecule has 1 aliphatic heterocycles. The van der Waals surface area contributed by atoms with Crippen LogP contribution in [-0.4, -0.2) is 60.0 Å². The van der Waals surface area contributed by atoms with Gasteiger partial charge in [0, 0.05) is 70.7 Å². The molecule has 3 aromatic rings. The van der Waals surface area contributed by atoms with Gasteiger partial charge in [-0.15, -0.1) is 0 Å². The van der Waals surface area contributed by atoms with Crippen molar-refractivity contribution in [2.75, 3.05) is 48.8 Å². The van der Waals surface area contributed by atoms with Gasteiger partial charge < -0.3 is 25.2 Å². The predicted molar refractivity (Wildman–Crippen MR) is 159 cm³/mol. The van der Waals surface area contributed by atoms with Crippen molar-refractivity contribution in [3.63, 3.8) is 0 Å². The van der Waals surface area contributed by atoms with Gasteiger partial charge in [0.25, 0.3) is 0 Å². The van der Waals surface area contributed by atoms with Gasteiger partial charge in [0.05, 0.1) is 18.2 Å². The van der Waals surface area contributed by atoms with E-state index in [0.717, 1.165) is 53.6 Å². The smallest absolute Gasteiger partial charge is 0.233 e. The molecule has 2 aromatic carbocycles. The van der Waals surface area contributed by atoms with Gasteiger partial charge in [-0.25, -0.2) is 9.97 Å². The van der Waals surface area contributed by atoms with E-state index in [-0.39, 0.29) is 20.6 Å². The zero-order valence-corrected chi connectivity index (χ0v) is 22.6. The molecule has 40 heavy (non-hydrogen) atoms. The topological polar surface area (TPSA) is 99.7 Å². The molecule has 0 radical (unpaired) electrons. The number of nitrogens with zero attached hydrogens (tertiary/aromatic N) is 4. The number of amides is 2. The number of methoxy groups -OCH3 is 1. The molecule has 6 rings (SSSR count). The molecule has 9 heteroatoms. The van der Waals surface area contributed by atoms with Crippen molar-refractivity contribution in [2.24, 2.45) is 11.3 Å². The summed E-state index contributed by atoms with van der Waals surface area (Å²) in [5.74, 6) is 1.70. The number of carbonyl (C=O) groups excluding carboxylic acids is 2. The number of benzene rings is 2. The summed E-state index contributed by atoms with van der Waals surface area (Å²) in [6, 6.07) is 17.6. The van der Waals surface area contributed by atoms with Crippen LogP contribution in [0, 0.1) is 11.3 Å². The summed E-state index contributed by atoms with van der Waals surface area (Å²) in [6.07, 6.45) is 8.54. The van der Waals surface area contributed by atoms with E-state index in [9.17, 15) is 9.59 Å². The summed E-state index contributed by atoms with van der Waals surface area (Å²) in [5.41, 5.74) is 4.02. The van der Waals surface area contributed by atoms with E-state index in [0.29, 0.717) is 19.0 Å². The quantitative estimate of drug-likeness (QED) is 0.431. The molecule has 3 aliphatic rings. The highest BCUT2D eigenvalue weighted by atomic mass is 16.5. The van der Waals surface area contributed by atoms with Crippen LogP contribution in [0.25, 0.3) is 11.3 Å². The molecule has 0 bridgehead atoms. The van der Waals surface area contributed by atoms with Gasteiger partial charge in [-0.1, -0.05) is 30.4 Å². The first kappa shape index (κ1) is 25.6. The average molecular weight is 541 g/mol. The number of allylic oxidation sites excluding steroid dienone is 3. The Labute approximate surface area is 236 Å². The van der Waals surface area contributed by atoms with E-state index in [1.807, 2.05) is 59.5 Å². The Morgan fingerprint density at radius 3 is 2.60 bits per heavy atom. The van der Waals surface area contributed by atoms with Gasteiger partial charge >= 0.3 is 0 Å². The van der Waals surface area contributed by atoms with Crippen LogP contribution in [0.1, 0.15) is 16.2 Å². The average Bonchev–Trinajstić information content (AvgIpc) is 3.74. The molecule has 2 aliphatic carbocycles. The standard InChI is InChI=1S/C31H32N6O3.2H2/c1-21(38)33-23-10-8-22(9-11-23)27-12-14-32-30(35-27)34-24-5-3-6-25(19-24)36-15-17-37(18-16-36)29(39)31-13-4-7-28(40-2)26(31)20-31;;/h3-14,19,26H,15-18,20H2,1-2H3,(H,33,38)(H,32,34,35);2*1H. The minimum Gasteiger partial charge on any atom is -0.501 e. The molecule has 2 atom stereocenters. The minimum atomic E-state index is -0.409. The lowest BCUT2D eigenvalue weighted by Crippen LogP contribution is -2.51. The summed E-state index contributed by atoms with van der Waals surface area (Å²) < 4.78 is 5.48. The normalized spacial score (nSPS) is 21.2. The molecule has 1 saturated heterocycles. The fraction of sp³-hybridized carbons (Fsp3) is 0.290. The van der Waals surface area contributed by atoms with Gasteiger partial charge in [0.1, 0.15) is 5.76 Å². The molecule has 2 unspecified atom stereocenters. The van der Waals surface area contributed by atoms with Crippen molar-refractivity contribution < 1.29 is 17.2 Å². The Bertz CT molecular complexity index is 1500. The van der Waals surface area contributed by atoms with E-state index in [4.69, 9.17) is 4.74 Å². The zero-order chi connectivity index (χ0) is 27.7. The second kappa shape index (κ2) is 10.5. The maximum atomic E-state index is 13.4. The van der Waals surface area contributed by atoms with E-state index < -0.39 is 5.41 Å². The number of hydrogen-bond acceptors (Lipinski definition) is 7.